The Kier molecular flexibility index (Phi) is 6.21. The summed E-state index contributed by atoms with van der Waals surface area (Å²) < 4.78 is 11.0. The third-order valence-electron chi connectivity index (χ3n) is 4.42. The average molecular weight is 417 g/mol. The van der Waals surface area contributed by atoms with E-state index in [-0.39, 0.29) is 5.78 Å². The zero-order valence-electron chi connectivity index (χ0n) is 15.8. The van der Waals surface area contributed by atoms with Crippen LogP contribution in [0, 0.1) is 0 Å². The number of allylic oxidation sites excluding steroid dienone is 1. The van der Waals surface area contributed by atoms with Gasteiger partial charge < -0.3 is 20.1 Å². The molecule has 0 aromatic heterocycles. The normalized spacial score (nSPS) is 16.3. The third kappa shape index (κ3) is 3.98. The lowest BCUT2D eigenvalue weighted by molar-refractivity contribution is 0.102. The summed E-state index contributed by atoms with van der Waals surface area (Å²) in [5, 5.41) is 7.07. The van der Waals surface area contributed by atoms with Gasteiger partial charge >= 0.3 is 0 Å². The van der Waals surface area contributed by atoms with E-state index in [1.165, 1.54) is 0 Å². The van der Waals surface area contributed by atoms with E-state index in [9.17, 15) is 4.79 Å². The van der Waals surface area contributed by atoms with Crippen LogP contribution in [0.2, 0.25) is 5.02 Å². The van der Waals surface area contributed by atoms with Crippen LogP contribution in [0.5, 0.6) is 11.5 Å². The highest BCUT2D eigenvalue weighted by Crippen LogP contribution is 2.40. The Bertz CT molecular complexity index is 944. The first-order chi connectivity index (χ1) is 13.5. The van der Waals surface area contributed by atoms with Crippen LogP contribution >= 0.6 is 23.8 Å². The number of ether oxygens (including phenoxy) is 2. The molecule has 0 bridgehead atoms. The number of nitrogens with one attached hydrogen (secondary N) is 2. The summed E-state index contributed by atoms with van der Waals surface area (Å²) in [6.07, 6.45) is 0. The van der Waals surface area contributed by atoms with Crippen LogP contribution in [-0.4, -0.2) is 24.6 Å². The average Bonchev–Trinajstić information content (AvgIpc) is 2.69. The maximum Gasteiger partial charge on any atom is 0.193 e. The lowest BCUT2D eigenvalue weighted by Crippen LogP contribution is -2.44. The minimum Gasteiger partial charge on any atom is -0.493 e. The summed E-state index contributed by atoms with van der Waals surface area (Å²) in [5.74, 6) is 0.887. The van der Waals surface area contributed by atoms with Crippen molar-refractivity contribution in [2.45, 2.75) is 19.9 Å². The Morgan fingerprint density at radius 2 is 1.96 bits per heavy atom. The lowest BCUT2D eigenvalue weighted by Gasteiger charge is -2.31. The number of hydrogen-bond donors (Lipinski definition) is 2. The first kappa shape index (κ1) is 20.2. The van der Waals surface area contributed by atoms with E-state index in [1.54, 1.807) is 25.3 Å². The van der Waals surface area contributed by atoms with Gasteiger partial charge in [0.05, 0.1) is 24.8 Å². The van der Waals surface area contributed by atoms with E-state index < -0.39 is 6.04 Å². The van der Waals surface area contributed by atoms with Gasteiger partial charge in [0.2, 0.25) is 0 Å². The number of methoxy groups -OCH3 is 1. The predicted octanol–water partition coefficient (Wildman–Crippen LogP) is 4.42. The highest BCUT2D eigenvalue weighted by atomic mass is 35.5. The summed E-state index contributed by atoms with van der Waals surface area (Å²) in [7, 11) is 1.55. The summed E-state index contributed by atoms with van der Waals surface area (Å²) in [6.45, 7) is 4.17. The molecule has 5 nitrogen and oxygen atoms in total. The number of ketones is 1. The van der Waals surface area contributed by atoms with Crippen molar-refractivity contribution in [1.29, 1.82) is 0 Å². The van der Waals surface area contributed by atoms with Crippen LogP contribution in [0.25, 0.3) is 0 Å². The molecule has 1 aliphatic rings. The van der Waals surface area contributed by atoms with E-state index in [2.05, 4.69) is 10.6 Å². The molecule has 0 saturated heterocycles. The number of hydrogen-bond acceptors (Lipinski definition) is 4. The van der Waals surface area contributed by atoms with Crippen LogP contribution in [-0.2, 0) is 0 Å². The highest BCUT2D eigenvalue weighted by molar-refractivity contribution is 7.80. The predicted molar refractivity (Wildman–Crippen MR) is 114 cm³/mol. The topological polar surface area (TPSA) is 59.6 Å². The minimum atomic E-state index is -0.469. The monoisotopic (exact) mass is 416 g/mol. The standard InChI is InChI=1S/C21H21ClN2O3S/c1-4-27-20-15(22)10-14(11-16(20)26-3)18-17(12(2)23-21(28)24-18)19(25)13-8-6-5-7-9-13/h5-11,18H,4H2,1-3H3,(H2,23,24,28). The molecule has 1 unspecified atom stereocenters. The Hall–Kier alpha value is -2.57. The van der Waals surface area contributed by atoms with Crippen LogP contribution < -0.4 is 20.1 Å². The van der Waals surface area contributed by atoms with Crippen molar-refractivity contribution < 1.29 is 14.3 Å². The molecule has 1 atom stereocenters. The molecule has 0 amide bonds. The van der Waals surface area contributed by atoms with Crippen molar-refractivity contribution in [2.75, 3.05) is 13.7 Å². The van der Waals surface area contributed by atoms with Gasteiger partial charge in [-0.05, 0) is 43.8 Å². The number of benzene rings is 2. The summed E-state index contributed by atoms with van der Waals surface area (Å²) in [6, 6.07) is 12.2. The van der Waals surface area contributed by atoms with E-state index in [0.29, 0.717) is 45.1 Å². The quantitative estimate of drug-likeness (QED) is 0.537. The second-order valence-electron chi connectivity index (χ2n) is 6.23. The maximum absolute atomic E-state index is 13.2. The van der Waals surface area contributed by atoms with E-state index in [1.807, 2.05) is 38.1 Å². The van der Waals surface area contributed by atoms with Crippen LogP contribution in [0.4, 0.5) is 0 Å². The number of carbonyl (C=O) groups is 1. The lowest BCUT2D eigenvalue weighted by atomic mass is 9.89. The zero-order chi connectivity index (χ0) is 20.3. The zero-order valence-corrected chi connectivity index (χ0v) is 17.4. The second kappa shape index (κ2) is 8.63. The fraction of sp³-hybridized carbons (Fsp3) is 0.238. The molecule has 0 spiro atoms. The van der Waals surface area contributed by atoms with Gasteiger partial charge in [0.15, 0.2) is 22.4 Å². The molecule has 28 heavy (non-hydrogen) atoms. The van der Waals surface area contributed by atoms with Crippen molar-refractivity contribution in [3.8, 4) is 11.5 Å². The molecule has 1 aliphatic heterocycles. The maximum atomic E-state index is 13.2. The number of thiocarbonyl (C=S) groups is 1. The van der Waals surface area contributed by atoms with Crippen molar-refractivity contribution in [2.24, 2.45) is 0 Å². The molecule has 2 aromatic rings. The van der Waals surface area contributed by atoms with E-state index >= 15 is 0 Å². The molecule has 2 aromatic carbocycles. The molecule has 0 radical (unpaired) electrons. The minimum absolute atomic E-state index is 0.0884. The van der Waals surface area contributed by atoms with Gasteiger partial charge in [0, 0.05) is 16.8 Å². The number of halogens is 1. The van der Waals surface area contributed by atoms with E-state index in [4.69, 9.17) is 33.3 Å². The van der Waals surface area contributed by atoms with Gasteiger partial charge in [-0.25, -0.2) is 0 Å². The smallest absolute Gasteiger partial charge is 0.193 e. The molecule has 146 valence electrons. The van der Waals surface area contributed by atoms with Gasteiger partial charge in [-0.2, -0.15) is 0 Å². The molecule has 0 saturated carbocycles. The molecule has 0 fully saturated rings. The van der Waals surface area contributed by atoms with Crippen molar-refractivity contribution in [3.05, 3.63) is 69.9 Å². The Morgan fingerprint density at radius 3 is 2.61 bits per heavy atom. The van der Waals surface area contributed by atoms with Crippen LogP contribution in [0.3, 0.4) is 0 Å². The molecule has 0 aliphatic carbocycles. The highest BCUT2D eigenvalue weighted by Gasteiger charge is 2.31. The SMILES string of the molecule is CCOc1c(Cl)cc(C2NC(=S)NC(C)=C2C(=O)c2ccccc2)cc1OC. The molecular weight excluding hydrogens is 396 g/mol. The first-order valence-corrected chi connectivity index (χ1v) is 9.63. The van der Waals surface area contributed by atoms with Gasteiger partial charge in [-0.3, -0.25) is 4.79 Å². The molecule has 1 heterocycles. The van der Waals surface area contributed by atoms with Gasteiger partial charge in [-0.1, -0.05) is 41.9 Å². The third-order valence-corrected chi connectivity index (χ3v) is 4.92. The van der Waals surface area contributed by atoms with Gasteiger partial charge in [-0.15, -0.1) is 0 Å². The number of Topliss-reactive ketones (excluding diaryl/α,β-unsaturated/α-hetero) is 1. The molecule has 7 heteroatoms. The molecule has 2 N–H and O–H groups in total. The van der Waals surface area contributed by atoms with Crippen LogP contribution in [0.15, 0.2) is 53.7 Å². The Morgan fingerprint density at radius 1 is 1.25 bits per heavy atom. The summed E-state index contributed by atoms with van der Waals surface area (Å²) in [5.41, 5.74) is 2.63. The summed E-state index contributed by atoms with van der Waals surface area (Å²) >= 11 is 11.8. The molecule has 3 rings (SSSR count). The fourth-order valence-electron chi connectivity index (χ4n) is 3.18. The van der Waals surface area contributed by atoms with Gasteiger partial charge in [0.1, 0.15) is 0 Å². The second-order valence-corrected chi connectivity index (χ2v) is 7.05. The largest absolute Gasteiger partial charge is 0.493 e. The molecular formula is C21H21ClN2O3S. The number of carbonyl (C=O) groups excluding carboxylic acids is 1. The Balaban J connectivity index is 2.10. The fourth-order valence-corrected chi connectivity index (χ4v) is 3.73. The summed E-state index contributed by atoms with van der Waals surface area (Å²) in [4.78, 5) is 13.2. The van der Waals surface area contributed by atoms with Gasteiger partial charge in [0.25, 0.3) is 0 Å². The van der Waals surface area contributed by atoms with Crippen LogP contribution in [0.1, 0.15) is 35.8 Å². The Labute approximate surface area is 174 Å². The van der Waals surface area contributed by atoms with Crippen molar-refractivity contribution in [3.63, 3.8) is 0 Å². The van der Waals surface area contributed by atoms with Crippen molar-refractivity contribution in [1.82, 2.24) is 10.6 Å². The van der Waals surface area contributed by atoms with Crippen molar-refractivity contribution >= 4 is 34.7 Å². The first-order valence-electron chi connectivity index (χ1n) is 8.84. The number of rotatable bonds is 6. The van der Waals surface area contributed by atoms with E-state index in [0.717, 1.165) is 5.56 Å².